The second-order valence-electron chi connectivity index (χ2n) is 5.19. The Morgan fingerprint density at radius 2 is 1.50 bits per heavy atom. The highest BCUT2D eigenvalue weighted by atomic mass is 16.6. The van der Waals surface area contributed by atoms with Gasteiger partial charge in [0, 0.05) is 0 Å². The Morgan fingerprint density at radius 1 is 0.808 bits per heavy atom. The van der Waals surface area contributed by atoms with Crippen LogP contribution in [0.2, 0.25) is 0 Å². The van der Waals surface area contributed by atoms with Crippen molar-refractivity contribution >= 4 is 17.9 Å². The molecule has 0 saturated heterocycles. The smallest absolute Gasteiger partial charge is 0.338 e. The Balaban J connectivity index is 1.73. The molecule has 0 fully saturated rings. The average Bonchev–Trinajstić information content (AvgIpc) is 2.65. The fraction of sp³-hybridized carbons (Fsp3) is 0.211. The molecule has 136 valence electrons. The Bertz CT molecular complexity index is 738. The van der Waals surface area contributed by atoms with E-state index in [2.05, 4.69) is 0 Å². The fourth-order valence-corrected chi connectivity index (χ4v) is 1.94. The van der Waals surface area contributed by atoms with Crippen LogP contribution in [0.15, 0.2) is 54.6 Å². The Kier molecular flexibility index (Phi) is 7.17. The van der Waals surface area contributed by atoms with Gasteiger partial charge in [-0.3, -0.25) is 9.59 Å². The van der Waals surface area contributed by atoms with E-state index in [0.29, 0.717) is 11.3 Å². The van der Waals surface area contributed by atoms with Crippen LogP contribution in [-0.4, -0.2) is 36.2 Å². The molecular formula is C19H18O7. The SMILES string of the molecule is O=C(O)CCC(=O)Oc1ccc(C(=O)OCCOc2ccccc2)cc1. The first-order chi connectivity index (χ1) is 12.5. The van der Waals surface area contributed by atoms with Gasteiger partial charge in [0.2, 0.25) is 0 Å². The first-order valence-corrected chi connectivity index (χ1v) is 7.92. The zero-order valence-corrected chi connectivity index (χ0v) is 13.9. The number of carbonyl (C=O) groups excluding carboxylic acids is 2. The van der Waals surface area contributed by atoms with Crippen molar-refractivity contribution in [2.24, 2.45) is 0 Å². The molecule has 0 heterocycles. The Labute approximate surface area is 150 Å². The van der Waals surface area contributed by atoms with Crippen molar-refractivity contribution in [3.8, 4) is 11.5 Å². The highest BCUT2D eigenvalue weighted by Crippen LogP contribution is 2.14. The van der Waals surface area contributed by atoms with Crippen LogP contribution in [0.5, 0.6) is 11.5 Å². The lowest BCUT2D eigenvalue weighted by Crippen LogP contribution is -2.13. The van der Waals surface area contributed by atoms with E-state index in [0.717, 1.165) is 0 Å². The number of rotatable bonds is 9. The van der Waals surface area contributed by atoms with E-state index in [1.807, 2.05) is 18.2 Å². The maximum atomic E-state index is 11.9. The van der Waals surface area contributed by atoms with Gasteiger partial charge in [-0.05, 0) is 36.4 Å². The van der Waals surface area contributed by atoms with Crippen LogP contribution in [0.25, 0.3) is 0 Å². The molecule has 0 atom stereocenters. The number of carboxylic acids is 1. The summed E-state index contributed by atoms with van der Waals surface area (Å²) in [5, 5.41) is 8.51. The molecule has 7 heteroatoms. The molecule has 1 N–H and O–H groups in total. The molecule has 0 spiro atoms. The van der Waals surface area contributed by atoms with Gasteiger partial charge in [0.15, 0.2) is 0 Å². The first kappa shape index (κ1) is 19.0. The summed E-state index contributed by atoms with van der Waals surface area (Å²) >= 11 is 0. The molecule has 0 aromatic heterocycles. The van der Waals surface area contributed by atoms with Crippen LogP contribution in [0.4, 0.5) is 0 Å². The fourth-order valence-electron chi connectivity index (χ4n) is 1.94. The first-order valence-electron chi connectivity index (χ1n) is 7.92. The largest absolute Gasteiger partial charge is 0.490 e. The third-order valence-electron chi connectivity index (χ3n) is 3.19. The predicted octanol–water partition coefficient (Wildman–Crippen LogP) is 2.69. The molecule has 7 nitrogen and oxygen atoms in total. The van der Waals surface area contributed by atoms with Crippen LogP contribution >= 0.6 is 0 Å². The zero-order chi connectivity index (χ0) is 18.8. The number of aliphatic carboxylic acids is 1. The second-order valence-corrected chi connectivity index (χ2v) is 5.19. The standard InChI is InChI=1S/C19H18O7/c20-17(21)10-11-18(22)26-16-8-6-14(7-9-16)19(23)25-13-12-24-15-4-2-1-3-5-15/h1-9H,10-13H2,(H,20,21). The minimum Gasteiger partial charge on any atom is -0.490 e. The maximum Gasteiger partial charge on any atom is 0.338 e. The van der Waals surface area contributed by atoms with Crippen LogP contribution in [0, 0.1) is 0 Å². The van der Waals surface area contributed by atoms with Crippen LogP contribution in [-0.2, 0) is 14.3 Å². The molecule has 2 aromatic carbocycles. The molecule has 0 amide bonds. The van der Waals surface area contributed by atoms with E-state index >= 15 is 0 Å². The third-order valence-corrected chi connectivity index (χ3v) is 3.19. The van der Waals surface area contributed by atoms with E-state index in [1.165, 1.54) is 24.3 Å². The lowest BCUT2D eigenvalue weighted by atomic mass is 10.2. The van der Waals surface area contributed by atoms with Gasteiger partial charge in [-0.15, -0.1) is 0 Å². The maximum absolute atomic E-state index is 11.9. The minimum absolute atomic E-state index is 0.0969. The highest BCUT2D eigenvalue weighted by Gasteiger charge is 2.10. The van der Waals surface area contributed by atoms with E-state index in [-0.39, 0.29) is 31.8 Å². The molecule has 0 radical (unpaired) electrons. The lowest BCUT2D eigenvalue weighted by Gasteiger charge is -2.08. The minimum atomic E-state index is -1.07. The summed E-state index contributed by atoms with van der Waals surface area (Å²) in [7, 11) is 0. The van der Waals surface area contributed by atoms with Crippen molar-refractivity contribution in [1.29, 1.82) is 0 Å². The molecule has 0 aliphatic rings. The van der Waals surface area contributed by atoms with Gasteiger partial charge in [0.1, 0.15) is 24.7 Å². The van der Waals surface area contributed by atoms with Crippen molar-refractivity contribution in [1.82, 2.24) is 0 Å². The van der Waals surface area contributed by atoms with Gasteiger partial charge in [-0.1, -0.05) is 18.2 Å². The van der Waals surface area contributed by atoms with E-state index < -0.39 is 17.9 Å². The lowest BCUT2D eigenvalue weighted by molar-refractivity contribution is -0.142. The zero-order valence-electron chi connectivity index (χ0n) is 13.9. The normalized spacial score (nSPS) is 10.0. The van der Waals surface area contributed by atoms with E-state index in [9.17, 15) is 14.4 Å². The van der Waals surface area contributed by atoms with Gasteiger partial charge in [-0.25, -0.2) is 4.79 Å². The molecule has 2 aromatic rings. The molecule has 0 aliphatic carbocycles. The predicted molar refractivity (Wildman–Crippen MR) is 91.2 cm³/mol. The van der Waals surface area contributed by atoms with Crippen LogP contribution < -0.4 is 9.47 Å². The number of esters is 2. The summed E-state index contributed by atoms with van der Waals surface area (Å²) in [6, 6.07) is 15.0. The summed E-state index contributed by atoms with van der Waals surface area (Å²) < 4.78 is 15.5. The van der Waals surface area contributed by atoms with E-state index in [1.54, 1.807) is 12.1 Å². The highest BCUT2D eigenvalue weighted by molar-refractivity contribution is 5.89. The number of hydrogen-bond acceptors (Lipinski definition) is 6. The van der Waals surface area contributed by atoms with Crippen molar-refractivity contribution in [3.63, 3.8) is 0 Å². The van der Waals surface area contributed by atoms with Gasteiger partial charge in [-0.2, -0.15) is 0 Å². The number of carbonyl (C=O) groups is 3. The number of carboxylic acid groups (broad SMARTS) is 1. The molecule has 0 aliphatic heterocycles. The second kappa shape index (κ2) is 9.83. The van der Waals surface area contributed by atoms with Gasteiger partial charge in [0.05, 0.1) is 18.4 Å². The molecule has 0 unspecified atom stereocenters. The van der Waals surface area contributed by atoms with Gasteiger partial charge < -0.3 is 19.3 Å². The van der Waals surface area contributed by atoms with Crippen molar-refractivity contribution in [2.75, 3.05) is 13.2 Å². The average molecular weight is 358 g/mol. The molecule has 0 bridgehead atoms. The number of ether oxygens (including phenoxy) is 3. The summed E-state index contributed by atoms with van der Waals surface area (Å²) in [4.78, 5) is 33.7. The topological polar surface area (TPSA) is 99.1 Å². The summed E-state index contributed by atoms with van der Waals surface area (Å²) in [5.41, 5.74) is 0.301. The monoisotopic (exact) mass is 358 g/mol. The van der Waals surface area contributed by atoms with Crippen LogP contribution in [0.3, 0.4) is 0 Å². The molecule has 26 heavy (non-hydrogen) atoms. The summed E-state index contributed by atoms with van der Waals surface area (Å²) in [6.07, 6.45) is -0.519. The Hall–Kier alpha value is -3.35. The number of hydrogen-bond donors (Lipinski definition) is 1. The van der Waals surface area contributed by atoms with Crippen molar-refractivity contribution in [3.05, 3.63) is 60.2 Å². The number of benzene rings is 2. The summed E-state index contributed by atoms with van der Waals surface area (Å²) in [5.74, 6) is -1.33. The summed E-state index contributed by atoms with van der Waals surface area (Å²) in [6.45, 7) is 0.328. The quantitative estimate of drug-likeness (QED) is 0.418. The van der Waals surface area contributed by atoms with Crippen molar-refractivity contribution < 1.29 is 33.7 Å². The Morgan fingerprint density at radius 3 is 2.15 bits per heavy atom. The van der Waals surface area contributed by atoms with Gasteiger partial charge >= 0.3 is 17.9 Å². The van der Waals surface area contributed by atoms with Gasteiger partial charge in [0.25, 0.3) is 0 Å². The molecule has 0 saturated carbocycles. The van der Waals surface area contributed by atoms with E-state index in [4.69, 9.17) is 19.3 Å². The number of para-hydroxylation sites is 1. The molecular weight excluding hydrogens is 340 g/mol. The van der Waals surface area contributed by atoms with Crippen molar-refractivity contribution in [2.45, 2.75) is 12.8 Å². The molecule has 2 rings (SSSR count). The third kappa shape index (κ3) is 6.64. The van der Waals surface area contributed by atoms with Crippen LogP contribution in [0.1, 0.15) is 23.2 Å².